The van der Waals surface area contributed by atoms with E-state index in [1.165, 1.54) is 13.4 Å². The average Bonchev–Trinajstić information content (AvgIpc) is 2.73. The quantitative estimate of drug-likeness (QED) is 0.598. The van der Waals surface area contributed by atoms with Crippen LogP contribution in [0.2, 0.25) is 0 Å². The molecule has 0 aliphatic heterocycles. The number of carbonyl (C=O) groups excluding carboxylic acids is 1. The Morgan fingerprint density at radius 2 is 1.68 bits per heavy atom. The number of carbonyl (C=O) groups is 1. The van der Waals surface area contributed by atoms with Gasteiger partial charge in [0, 0.05) is 17.8 Å². The second kappa shape index (κ2) is 8.72. The molecular weight excluding hydrogens is 360 g/mol. The molecule has 0 saturated heterocycles. The van der Waals surface area contributed by atoms with Crippen LogP contribution in [0, 0.1) is 0 Å². The molecule has 0 bridgehead atoms. The highest BCUT2D eigenvalue weighted by atomic mass is 16.5. The summed E-state index contributed by atoms with van der Waals surface area (Å²) in [7, 11) is 4.53. The van der Waals surface area contributed by atoms with E-state index in [0.29, 0.717) is 40.1 Å². The van der Waals surface area contributed by atoms with Crippen molar-refractivity contribution in [1.82, 2.24) is 9.97 Å². The van der Waals surface area contributed by atoms with E-state index in [0.717, 1.165) is 0 Å². The number of benzene rings is 2. The Hall–Kier alpha value is -3.81. The van der Waals surface area contributed by atoms with Gasteiger partial charge in [-0.25, -0.2) is 14.8 Å². The second-order valence-corrected chi connectivity index (χ2v) is 5.68. The van der Waals surface area contributed by atoms with Crippen LogP contribution in [0.4, 0.5) is 23.0 Å². The molecular formula is C20H20N4O4. The van der Waals surface area contributed by atoms with E-state index in [4.69, 9.17) is 14.2 Å². The van der Waals surface area contributed by atoms with Crippen molar-refractivity contribution in [3.8, 4) is 11.5 Å². The lowest BCUT2D eigenvalue weighted by Gasteiger charge is -2.13. The largest absolute Gasteiger partial charge is 0.497 e. The lowest BCUT2D eigenvalue weighted by atomic mass is 10.2. The Bertz CT molecular complexity index is 978. The molecule has 0 amide bonds. The molecule has 0 atom stereocenters. The van der Waals surface area contributed by atoms with Crippen molar-refractivity contribution in [2.24, 2.45) is 0 Å². The maximum Gasteiger partial charge on any atom is 0.337 e. The minimum atomic E-state index is -0.404. The van der Waals surface area contributed by atoms with Gasteiger partial charge in [0.05, 0.1) is 32.6 Å². The van der Waals surface area contributed by atoms with Gasteiger partial charge in [0.25, 0.3) is 0 Å². The molecule has 0 radical (unpaired) electrons. The molecule has 0 fully saturated rings. The van der Waals surface area contributed by atoms with Gasteiger partial charge < -0.3 is 24.8 Å². The van der Waals surface area contributed by atoms with Crippen LogP contribution in [0.3, 0.4) is 0 Å². The fourth-order valence-electron chi connectivity index (χ4n) is 2.53. The van der Waals surface area contributed by atoms with Crippen LogP contribution in [0.1, 0.15) is 10.4 Å². The summed E-state index contributed by atoms with van der Waals surface area (Å²) >= 11 is 0. The summed E-state index contributed by atoms with van der Waals surface area (Å²) in [5, 5.41) is 6.34. The zero-order valence-corrected chi connectivity index (χ0v) is 15.7. The first kappa shape index (κ1) is 19.0. The van der Waals surface area contributed by atoms with E-state index < -0.39 is 5.97 Å². The van der Waals surface area contributed by atoms with E-state index in [9.17, 15) is 4.79 Å². The van der Waals surface area contributed by atoms with Crippen LogP contribution in [0.15, 0.2) is 54.9 Å². The number of anilines is 4. The Labute approximate surface area is 162 Å². The first-order chi connectivity index (χ1) is 13.6. The van der Waals surface area contributed by atoms with E-state index >= 15 is 0 Å². The van der Waals surface area contributed by atoms with E-state index in [1.54, 1.807) is 44.6 Å². The zero-order chi connectivity index (χ0) is 19.9. The van der Waals surface area contributed by atoms with Gasteiger partial charge in [-0.05, 0) is 30.3 Å². The fourth-order valence-corrected chi connectivity index (χ4v) is 2.53. The van der Waals surface area contributed by atoms with Gasteiger partial charge in [-0.3, -0.25) is 0 Å². The third kappa shape index (κ3) is 4.47. The Morgan fingerprint density at radius 1 is 0.893 bits per heavy atom. The summed E-state index contributed by atoms with van der Waals surface area (Å²) in [4.78, 5) is 20.1. The zero-order valence-electron chi connectivity index (χ0n) is 15.7. The lowest BCUT2D eigenvalue weighted by molar-refractivity contribution is 0.0601. The predicted octanol–water partition coefficient (Wildman–Crippen LogP) is 3.77. The molecule has 144 valence electrons. The van der Waals surface area contributed by atoms with Crippen molar-refractivity contribution in [2.75, 3.05) is 32.0 Å². The molecule has 2 aromatic carbocycles. The fraction of sp³-hybridized carbons (Fsp3) is 0.150. The molecule has 0 unspecified atom stereocenters. The van der Waals surface area contributed by atoms with Crippen LogP contribution in [-0.2, 0) is 4.74 Å². The number of aromatic nitrogens is 2. The van der Waals surface area contributed by atoms with Gasteiger partial charge in [-0.1, -0.05) is 6.07 Å². The van der Waals surface area contributed by atoms with Crippen molar-refractivity contribution in [3.05, 3.63) is 60.4 Å². The van der Waals surface area contributed by atoms with E-state index in [-0.39, 0.29) is 0 Å². The molecule has 1 heterocycles. The summed E-state index contributed by atoms with van der Waals surface area (Å²) in [6.07, 6.45) is 1.43. The van der Waals surface area contributed by atoms with Crippen molar-refractivity contribution in [3.63, 3.8) is 0 Å². The molecule has 28 heavy (non-hydrogen) atoms. The minimum Gasteiger partial charge on any atom is -0.497 e. The number of hydrogen-bond acceptors (Lipinski definition) is 8. The van der Waals surface area contributed by atoms with Gasteiger partial charge in [0.15, 0.2) is 0 Å². The number of methoxy groups -OCH3 is 3. The third-order valence-corrected chi connectivity index (χ3v) is 3.89. The van der Waals surface area contributed by atoms with Gasteiger partial charge in [0.2, 0.25) is 0 Å². The minimum absolute atomic E-state index is 0.404. The molecule has 0 aliphatic rings. The molecule has 8 nitrogen and oxygen atoms in total. The number of nitrogens with zero attached hydrogens (tertiary/aromatic N) is 2. The van der Waals surface area contributed by atoms with Gasteiger partial charge in [-0.2, -0.15) is 0 Å². The Morgan fingerprint density at radius 3 is 2.39 bits per heavy atom. The number of nitrogens with one attached hydrogen (secondary N) is 2. The molecule has 3 aromatic rings. The third-order valence-electron chi connectivity index (χ3n) is 3.89. The van der Waals surface area contributed by atoms with Crippen molar-refractivity contribution in [2.45, 2.75) is 0 Å². The Kier molecular flexibility index (Phi) is 5.91. The SMILES string of the molecule is COC(=O)c1cccc(Nc2cc(Nc3cc(OC)ccc3OC)ncn2)c1. The first-order valence-corrected chi connectivity index (χ1v) is 8.39. The highest BCUT2D eigenvalue weighted by molar-refractivity contribution is 5.90. The smallest absolute Gasteiger partial charge is 0.337 e. The number of rotatable bonds is 7. The highest BCUT2D eigenvalue weighted by Gasteiger charge is 2.09. The maximum atomic E-state index is 11.7. The molecule has 0 spiro atoms. The van der Waals surface area contributed by atoms with Gasteiger partial charge in [-0.15, -0.1) is 0 Å². The van der Waals surface area contributed by atoms with E-state index in [2.05, 4.69) is 20.6 Å². The number of hydrogen-bond donors (Lipinski definition) is 2. The van der Waals surface area contributed by atoms with Crippen LogP contribution >= 0.6 is 0 Å². The van der Waals surface area contributed by atoms with Crippen LogP contribution in [0.5, 0.6) is 11.5 Å². The molecule has 2 N–H and O–H groups in total. The lowest BCUT2D eigenvalue weighted by Crippen LogP contribution is -2.03. The topological polar surface area (TPSA) is 94.6 Å². The van der Waals surface area contributed by atoms with Crippen molar-refractivity contribution >= 4 is 29.0 Å². The highest BCUT2D eigenvalue weighted by Crippen LogP contribution is 2.31. The van der Waals surface area contributed by atoms with Crippen molar-refractivity contribution in [1.29, 1.82) is 0 Å². The summed E-state index contributed by atoms with van der Waals surface area (Å²) in [6, 6.07) is 14.1. The normalized spacial score (nSPS) is 10.1. The van der Waals surface area contributed by atoms with Crippen LogP contribution in [-0.4, -0.2) is 37.3 Å². The molecule has 1 aromatic heterocycles. The molecule has 0 saturated carbocycles. The van der Waals surface area contributed by atoms with Crippen LogP contribution < -0.4 is 20.1 Å². The molecule has 8 heteroatoms. The predicted molar refractivity (Wildman–Crippen MR) is 106 cm³/mol. The summed E-state index contributed by atoms with van der Waals surface area (Å²) in [6.45, 7) is 0. The van der Waals surface area contributed by atoms with Crippen molar-refractivity contribution < 1.29 is 19.0 Å². The maximum absolute atomic E-state index is 11.7. The van der Waals surface area contributed by atoms with E-state index in [1.807, 2.05) is 18.2 Å². The second-order valence-electron chi connectivity index (χ2n) is 5.68. The Balaban J connectivity index is 1.81. The van der Waals surface area contributed by atoms with Crippen LogP contribution in [0.25, 0.3) is 0 Å². The van der Waals surface area contributed by atoms with Gasteiger partial charge >= 0.3 is 5.97 Å². The van der Waals surface area contributed by atoms with Gasteiger partial charge in [0.1, 0.15) is 29.5 Å². The monoisotopic (exact) mass is 380 g/mol. The first-order valence-electron chi connectivity index (χ1n) is 8.39. The number of ether oxygens (including phenoxy) is 3. The number of esters is 1. The molecule has 3 rings (SSSR count). The summed E-state index contributed by atoms with van der Waals surface area (Å²) in [5.41, 5.74) is 1.85. The average molecular weight is 380 g/mol. The summed E-state index contributed by atoms with van der Waals surface area (Å²) < 4.78 is 15.4. The summed E-state index contributed by atoms with van der Waals surface area (Å²) in [5.74, 6) is 2.06. The molecule has 0 aliphatic carbocycles. The standard InChI is InChI=1S/C20H20N4O4/c1-26-15-7-8-17(27-2)16(10-15)24-19-11-18(21-12-22-19)23-14-6-4-5-13(9-14)20(25)28-3/h4-12H,1-3H3,(H2,21,22,23,24).